The van der Waals surface area contributed by atoms with Gasteiger partial charge in [-0.15, -0.1) is 0 Å². The SMILES string of the molecule is O=C(NCCNC(=O)[C@H]1CCCCN1)C1CC1. The molecule has 0 radical (unpaired) electrons. The highest BCUT2D eigenvalue weighted by Gasteiger charge is 2.29. The summed E-state index contributed by atoms with van der Waals surface area (Å²) >= 11 is 0. The Bertz CT molecular complexity index is 283. The van der Waals surface area contributed by atoms with Crippen LogP contribution in [0.2, 0.25) is 0 Å². The smallest absolute Gasteiger partial charge is 0.237 e. The van der Waals surface area contributed by atoms with Crippen molar-refractivity contribution in [3.63, 3.8) is 0 Å². The van der Waals surface area contributed by atoms with Crippen LogP contribution in [0.3, 0.4) is 0 Å². The molecule has 2 fully saturated rings. The monoisotopic (exact) mass is 239 g/mol. The van der Waals surface area contributed by atoms with Gasteiger partial charge in [-0.05, 0) is 32.2 Å². The molecule has 0 bridgehead atoms. The highest BCUT2D eigenvalue weighted by atomic mass is 16.2. The predicted octanol–water partition coefficient (Wildman–Crippen LogP) is -0.229. The Kier molecular flexibility index (Phi) is 4.36. The van der Waals surface area contributed by atoms with Gasteiger partial charge in [0.25, 0.3) is 0 Å². The van der Waals surface area contributed by atoms with Crippen LogP contribution in [0.25, 0.3) is 0 Å². The number of piperidine rings is 1. The van der Waals surface area contributed by atoms with Crippen LogP contribution in [0.1, 0.15) is 32.1 Å². The summed E-state index contributed by atoms with van der Waals surface area (Å²) in [5.41, 5.74) is 0. The van der Waals surface area contributed by atoms with E-state index >= 15 is 0 Å². The van der Waals surface area contributed by atoms with E-state index in [9.17, 15) is 9.59 Å². The molecule has 0 unspecified atom stereocenters. The molecule has 1 aliphatic carbocycles. The Morgan fingerprint density at radius 3 is 2.29 bits per heavy atom. The van der Waals surface area contributed by atoms with E-state index in [1.54, 1.807) is 0 Å². The standard InChI is InChI=1S/C12H21N3O2/c16-11(9-4-5-9)14-7-8-15-12(17)10-3-1-2-6-13-10/h9-10,13H,1-8H2,(H,14,16)(H,15,17)/t10-/m1/s1. The fourth-order valence-corrected chi connectivity index (χ4v) is 2.06. The van der Waals surface area contributed by atoms with Crippen LogP contribution in [-0.2, 0) is 9.59 Å². The second kappa shape index (κ2) is 6.00. The van der Waals surface area contributed by atoms with Crippen molar-refractivity contribution in [1.82, 2.24) is 16.0 Å². The van der Waals surface area contributed by atoms with Crippen molar-refractivity contribution in [2.75, 3.05) is 19.6 Å². The number of rotatable bonds is 5. The maximum atomic E-state index is 11.7. The van der Waals surface area contributed by atoms with Crippen LogP contribution >= 0.6 is 0 Å². The van der Waals surface area contributed by atoms with E-state index in [0.29, 0.717) is 13.1 Å². The molecule has 1 heterocycles. The molecule has 1 atom stereocenters. The lowest BCUT2D eigenvalue weighted by Crippen LogP contribution is -2.48. The second-order valence-corrected chi connectivity index (χ2v) is 4.86. The van der Waals surface area contributed by atoms with Gasteiger partial charge in [-0.2, -0.15) is 0 Å². The summed E-state index contributed by atoms with van der Waals surface area (Å²) in [7, 11) is 0. The van der Waals surface area contributed by atoms with E-state index in [1.807, 2.05) is 0 Å². The largest absolute Gasteiger partial charge is 0.354 e. The Morgan fingerprint density at radius 2 is 1.71 bits per heavy atom. The van der Waals surface area contributed by atoms with Crippen molar-refractivity contribution in [3.8, 4) is 0 Å². The third kappa shape index (κ3) is 4.00. The summed E-state index contributed by atoms with van der Waals surface area (Å²) in [6, 6.07) is -0.0390. The molecule has 1 saturated carbocycles. The molecular weight excluding hydrogens is 218 g/mol. The van der Waals surface area contributed by atoms with Gasteiger partial charge in [-0.3, -0.25) is 9.59 Å². The van der Waals surface area contributed by atoms with Crippen LogP contribution < -0.4 is 16.0 Å². The van der Waals surface area contributed by atoms with Crippen molar-refractivity contribution in [3.05, 3.63) is 0 Å². The molecule has 0 spiro atoms. The number of carbonyl (C=O) groups excluding carboxylic acids is 2. The first-order valence-electron chi connectivity index (χ1n) is 6.56. The lowest BCUT2D eigenvalue weighted by molar-refractivity contribution is -0.124. The molecular formula is C12H21N3O2. The lowest BCUT2D eigenvalue weighted by atomic mass is 10.0. The van der Waals surface area contributed by atoms with Gasteiger partial charge in [0, 0.05) is 19.0 Å². The number of nitrogens with one attached hydrogen (secondary N) is 3. The summed E-state index contributed by atoms with van der Waals surface area (Å²) in [5, 5.41) is 8.88. The molecule has 5 nitrogen and oxygen atoms in total. The van der Waals surface area contributed by atoms with Crippen LogP contribution in [0, 0.1) is 5.92 Å². The quantitative estimate of drug-likeness (QED) is 0.580. The lowest BCUT2D eigenvalue weighted by Gasteiger charge is -2.22. The highest BCUT2D eigenvalue weighted by molar-refractivity contribution is 5.82. The first kappa shape index (κ1) is 12.4. The first-order valence-corrected chi connectivity index (χ1v) is 6.56. The number of hydrogen-bond donors (Lipinski definition) is 3. The van der Waals surface area contributed by atoms with Gasteiger partial charge in [0.05, 0.1) is 6.04 Å². The van der Waals surface area contributed by atoms with Crippen molar-refractivity contribution in [1.29, 1.82) is 0 Å². The zero-order chi connectivity index (χ0) is 12.1. The topological polar surface area (TPSA) is 70.2 Å². The Morgan fingerprint density at radius 1 is 1.00 bits per heavy atom. The molecule has 17 heavy (non-hydrogen) atoms. The Balaban J connectivity index is 1.54. The third-order valence-corrected chi connectivity index (χ3v) is 3.30. The minimum Gasteiger partial charge on any atom is -0.354 e. The summed E-state index contributed by atoms with van der Waals surface area (Å²) in [6.45, 7) is 1.99. The van der Waals surface area contributed by atoms with E-state index in [1.165, 1.54) is 0 Å². The zero-order valence-electron chi connectivity index (χ0n) is 10.1. The molecule has 2 rings (SSSR count). The third-order valence-electron chi connectivity index (χ3n) is 3.30. The molecule has 96 valence electrons. The normalized spacial score (nSPS) is 24.1. The predicted molar refractivity (Wildman–Crippen MR) is 64.4 cm³/mol. The molecule has 2 amide bonds. The maximum Gasteiger partial charge on any atom is 0.237 e. The molecule has 0 aromatic carbocycles. The van der Waals surface area contributed by atoms with E-state index in [4.69, 9.17) is 0 Å². The molecule has 1 saturated heterocycles. The molecule has 2 aliphatic rings. The van der Waals surface area contributed by atoms with Gasteiger partial charge in [0.15, 0.2) is 0 Å². The van der Waals surface area contributed by atoms with E-state index in [2.05, 4.69) is 16.0 Å². The highest BCUT2D eigenvalue weighted by Crippen LogP contribution is 2.28. The maximum absolute atomic E-state index is 11.7. The van der Waals surface area contributed by atoms with Crippen molar-refractivity contribution >= 4 is 11.8 Å². The van der Waals surface area contributed by atoms with Gasteiger partial charge in [0.2, 0.25) is 11.8 Å². The van der Waals surface area contributed by atoms with Gasteiger partial charge >= 0.3 is 0 Å². The van der Waals surface area contributed by atoms with Gasteiger partial charge < -0.3 is 16.0 Å². The first-order chi connectivity index (χ1) is 8.27. The Hall–Kier alpha value is -1.10. The van der Waals surface area contributed by atoms with Crippen LogP contribution in [0.4, 0.5) is 0 Å². The fraction of sp³-hybridized carbons (Fsp3) is 0.833. The van der Waals surface area contributed by atoms with E-state index in [0.717, 1.165) is 38.6 Å². The van der Waals surface area contributed by atoms with E-state index < -0.39 is 0 Å². The van der Waals surface area contributed by atoms with Crippen molar-refractivity contribution < 1.29 is 9.59 Å². The van der Waals surface area contributed by atoms with Gasteiger partial charge in [-0.25, -0.2) is 0 Å². The summed E-state index contributed by atoms with van der Waals surface area (Å²) in [6.07, 6.45) is 5.22. The van der Waals surface area contributed by atoms with Crippen LogP contribution in [0.5, 0.6) is 0 Å². The second-order valence-electron chi connectivity index (χ2n) is 4.86. The number of amides is 2. The fourth-order valence-electron chi connectivity index (χ4n) is 2.06. The molecule has 0 aromatic heterocycles. The Labute approximate surface area is 102 Å². The van der Waals surface area contributed by atoms with E-state index in [-0.39, 0.29) is 23.8 Å². The van der Waals surface area contributed by atoms with Crippen LogP contribution in [0.15, 0.2) is 0 Å². The average molecular weight is 239 g/mol. The molecule has 5 heteroatoms. The average Bonchev–Trinajstić information content (AvgIpc) is 3.19. The zero-order valence-corrected chi connectivity index (χ0v) is 10.1. The molecule has 0 aromatic rings. The molecule has 3 N–H and O–H groups in total. The minimum atomic E-state index is -0.0390. The van der Waals surface area contributed by atoms with Crippen molar-refractivity contribution in [2.45, 2.75) is 38.1 Å². The van der Waals surface area contributed by atoms with Gasteiger partial charge in [-0.1, -0.05) is 6.42 Å². The number of carbonyl (C=O) groups is 2. The minimum absolute atomic E-state index is 0.0390. The van der Waals surface area contributed by atoms with Crippen LogP contribution in [-0.4, -0.2) is 37.5 Å². The summed E-state index contributed by atoms with van der Waals surface area (Å²) < 4.78 is 0. The summed E-state index contributed by atoms with van der Waals surface area (Å²) in [4.78, 5) is 23.0. The number of hydrogen-bond acceptors (Lipinski definition) is 3. The summed E-state index contributed by atoms with van der Waals surface area (Å²) in [5.74, 6) is 0.436. The molecule has 1 aliphatic heterocycles. The van der Waals surface area contributed by atoms with Gasteiger partial charge in [0.1, 0.15) is 0 Å². The van der Waals surface area contributed by atoms with Crippen molar-refractivity contribution in [2.24, 2.45) is 5.92 Å².